The number of hydrogen-bond donors (Lipinski definition) is 4. The molecular weight excluding hydrogens is 290 g/mol. The fourth-order valence-electron chi connectivity index (χ4n) is 2.75. The van der Waals surface area contributed by atoms with E-state index in [9.17, 15) is 9.90 Å². The second kappa shape index (κ2) is 10.6. The number of nitrogens with one attached hydrogen (secondary N) is 2. The van der Waals surface area contributed by atoms with E-state index in [1.807, 2.05) is 0 Å². The second-order valence-corrected chi connectivity index (χ2v) is 6.06. The Hall–Kier alpha value is -2.04. The standard InChI is InChI=1S/C10H19NO.C8H10N2O/c12-9-11-10-7-5-3-1-2-4-6-8-10;1-5-2-3-6(4-9)7(10)8(5)11/h9-10H,1-8H2,(H,11,12);2-4,9,11H,10H2,1H3. The molecule has 5 heteroatoms. The van der Waals surface area contributed by atoms with Gasteiger partial charge in [0.2, 0.25) is 6.41 Å². The number of phenols is 1. The van der Waals surface area contributed by atoms with Gasteiger partial charge in [0.05, 0.1) is 5.69 Å². The zero-order chi connectivity index (χ0) is 17.1. The highest BCUT2D eigenvalue weighted by molar-refractivity contribution is 5.87. The maximum Gasteiger partial charge on any atom is 0.207 e. The summed E-state index contributed by atoms with van der Waals surface area (Å²) >= 11 is 0. The van der Waals surface area contributed by atoms with E-state index in [0.29, 0.717) is 11.6 Å². The summed E-state index contributed by atoms with van der Waals surface area (Å²) in [5.74, 6) is 0.0750. The minimum Gasteiger partial charge on any atom is -0.505 e. The largest absolute Gasteiger partial charge is 0.505 e. The molecule has 5 N–H and O–H groups in total. The Morgan fingerprint density at radius 2 is 1.74 bits per heavy atom. The van der Waals surface area contributed by atoms with E-state index in [0.717, 1.165) is 18.2 Å². The van der Waals surface area contributed by atoms with Gasteiger partial charge in [-0.3, -0.25) is 4.79 Å². The quantitative estimate of drug-likeness (QED) is 0.297. The van der Waals surface area contributed by atoms with Crippen LogP contribution < -0.4 is 11.1 Å². The Kier molecular flexibility index (Phi) is 8.80. The molecule has 1 aliphatic carbocycles. The molecular formula is C18H29N3O2. The maximum atomic E-state index is 10.2. The van der Waals surface area contributed by atoms with Crippen LogP contribution in [0.1, 0.15) is 62.5 Å². The van der Waals surface area contributed by atoms with E-state index < -0.39 is 0 Å². The lowest BCUT2D eigenvalue weighted by Crippen LogP contribution is -2.27. The van der Waals surface area contributed by atoms with Gasteiger partial charge in [0, 0.05) is 17.8 Å². The Bertz CT molecular complexity index is 493. The Labute approximate surface area is 138 Å². The van der Waals surface area contributed by atoms with Gasteiger partial charge in [0.15, 0.2) is 0 Å². The molecule has 0 bridgehead atoms. The van der Waals surface area contributed by atoms with Gasteiger partial charge >= 0.3 is 0 Å². The molecule has 2 rings (SSSR count). The SMILES string of the molecule is Cc1ccc(C=N)c(N)c1O.O=CNC1CCCCCCCC1. The van der Waals surface area contributed by atoms with Crippen LogP contribution in [0.15, 0.2) is 12.1 Å². The number of aryl methyl sites for hydroxylation is 1. The topological polar surface area (TPSA) is 99.2 Å². The summed E-state index contributed by atoms with van der Waals surface area (Å²) in [5, 5.41) is 19.1. The predicted octanol–water partition coefficient (Wildman–Crippen LogP) is 3.52. The third kappa shape index (κ3) is 6.72. The second-order valence-electron chi connectivity index (χ2n) is 6.06. The molecule has 1 aromatic rings. The molecule has 1 aromatic carbocycles. The van der Waals surface area contributed by atoms with Gasteiger partial charge in [0.25, 0.3) is 0 Å². The first-order valence-electron chi connectivity index (χ1n) is 8.38. The number of rotatable bonds is 3. The number of anilines is 1. The van der Waals surface area contributed by atoms with Crippen LogP contribution in [0.4, 0.5) is 5.69 Å². The van der Waals surface area contributed by atoms with Crippen molar-refractivity contribution in [3.8, 4) is 5.75 Å². The molecule has 128 valence electrons. The lowest BCUT2D eigenvalue weighted by molar-refractivity contribution is -0.110. The zero-order valence-corrected chi connectivity index (χ0v) is 14.0. The molecule has 0 aromatic heterocycles. The van der Waals surface area contributed by atoms with Crippen molar-refractivity contribution in [3.63, 3.8) is 0 Å². The summed E-state index contributed by atoms with van der Waals surface area (Å²) in [4.78, 5) is 10.2. The fraction of sp³-hybridized carbons (Fsp3) is 0.556. The molecule has 1 aliphatic rings. The van der Waals surface area contributed by atoms with Gasteiger partial charge < -0.3 is 21.6 Å². The van der Waals surface area contributed by atoms with Crippen LogP contribution in [-0.2, 0) is 4.79 Å². The van der Waals surface area contributed by atoms with Crippen LogP contribution in [0.5, 0.6) is 5.75 Å². The van der Waals surface area contributed by atoms with E-state index in [4.69, 9.17) is 11.1 Å². The highest BCUT2D eigenvalue weighted by atomic mass is 16.3. The normalized spacial score (nSPS) is 16.0. The van der Waals surface area contributed by atoms with Gasteiger partial charge in [-0.2, -0.15) is 0 Å². The number of phenolic OH excluding ortho intramolecular Hbond substituents is 1. The van der Waals surface area contributed by atoms with Crippen molar-refractivity contribution in [2.75, 3.05) is 5.73 Å². The number of carbonyl (C=O) groups is 1. The van der Waals surface area contributed by atoms with Crippen LogP contribution in [0.2, 0.25) is 0 Å². The van der Waals surface area contributed by atoms with Crippen molar-refractivity contribution in [2.24, 2.45) is 0 Å². The molecule has 0 spiro atoms. The molecule has 0 unspecified atom stereocenters. The number of benzene rings is 1. The number of amides is 1. The molecule has 0 saturated heterocycles. The number of hydrogen-bond acceptors (Lipinski definition) is 4. The third-order valence-electron chi connectivity index (χ3n) is 4.27. The Morgan fingerprint density at radius 3 is 2.26 bits per heavy atom. The molecule has 1 fully saturated rings. The third-order valence-corrected chi connectivity index (χ3v) is 4.27. The Balaban J connectivity index is 0.000000231. The number of aromatic hydroxyl groups is 1. The van der Waals surface area contributed by atoms with Gasteiger partial charge in [-0.25, -0.2) is 0 Å². The van der Waals surface area contributed by atoms with E-state index in [1.54, 1.807) is 19.1 Å². The number of carbonyl (C=O) groups excluding carboxylic acids is 1. The maximum absolute atomic E-state index is 10.2. The highest BCUT2D eigenvalue weighted by Gasteiger charge is 2.08. The first kappa shape index (κ1) is 19.0. The molecule has 0 radical (unpaired) electrons. The van der Waals surface area contributed by atoms with E-state index in [-0.39, 0.29) is 11.4 Å². The number of nitrogens with two attached hydrogens (primary N) is 1. The summed E-state index contributed by atoms with van der Waals surface area (Å²) < 4.78 is 0. The van der Waals surface area contributed by atoms with Crippen LogP contribution >= 0.6 is 0 Å². The molecule has 1 saturated carbocycles. The van der Waals surface area contributed by atoms with Crippen molar-refractivity contribution >= 4 is 18.3 Å². The van der Waals surface area contributed by atoms with E-state index in [1.165, 1.54) is 51.4 Å². The molecule has 1 amide bonds. The summed E-state index contributed by atoms with van der Waals surface area (Å²) in [5.41, 5.74) is 7.05. The molecule has 5 nitrogen and oxygen atoms in total. The minimum atomic E-state index is 0.0750. The molecule has 0 aliphatic heterocycles. The molecule has 0 heterocycles. The monoisotopic (exact) mass is 319 g/mol. The van der Waals surface area contributed by atoms with Crippen LogP contribution in [0.3, 0.4) is 0 Å². The summed E-state index contributed by atoms with van der Waals surface area (Å²) in [6.45, 7) is 1.76. The van der Waals surface area contributed by atoms with Gasteiger partial charge in [-0.05, 0) is 25.3 Å². The van der Waals surface area contributed by atoms with Crippen LogP contribution in [-0.4, -0.2) is 23.8 Å². The van der Waals surface area contributed by atoms with E-state index in [2.05, 4.69) is 5.32 Å². The van der Waals surface area contributed by atoms with Crippen molar-refractivity contribution in [1.29, 1.82) is 5.41 Å². The smallest absolute Gasteiger partial charge is 0.207 e. The van der Waals surface area contributed by atoms with Crippen LogP contribution in [0.25, 0.3) is 0 Å². The lowest BCUT2D eigenvalue weighted by Gasteiger charge is -2.13. The Morgan fingerprint density at radius 1 is 1.17 bits per heavy atom. The first-order chi connectivity index (χ1) is 11.1. The van der Waals surface area contributed by atoms with Gasteiger partial charge in [0.1, 0.15) is 5.75 Å². The van der Waals surface area contributed by atoms with Crippen LogP contribution in [0, 0.1) is 12.3 Å². The van der Waals surface area contributed by atoms with Gasteiger partial charge in [-0.15, -0.1) is 0 Å². The lowest BCUT2D eigenvalue weighted by atomic mass is 10.1. The van der Waals surface area contributed by atoms with Gasteiger partial charge in [-0.1, -0.05) is 50.7 Å². The summed E-state index contributed by atoms with van der Waals surface area (Å²) in [7, 11) is 0. The number of nitrogen functional groups attached to an aromatic ring is 1. The zero-order valence-electron chi connectivity index (χ0n) is 14.0. The van der Waals surface area contributed by atoms with E-state index >= 15 is 0 Å². The average Bonchev–Trinajstić information content (AvgIpc) is 2.68. The fourth-order valence-corrected chi connectivity index (χ4v) is 2.75. The average molecular weight is 319 g/mol. The summed E-state index contributed by atoms with van der Waals surface area (Å²) in [6.07, 6.45) is 12.3. The molecule has 23 heavy (non-hydrogen) atoms. The van der Waals surface area contributed by atoms with Crippen molar-refractivity contribution < 1.29 is 9.90 Å². The summed E-state index contributed by atoms with van der Waals surface area (Å²) in [6, 6.07) is 3.89. The van der Waals surface area contributed by atoms with Crippen molar-refractivity contribution in [2.45, 2.75) is 64.3 Å². The minimum absolute atomic E-state index is 0.0750. The van der Waals surface area contributed by atoms with Crippen molar-refractivity contribution in [3.05, 3.63) is 23.3 Å². The van der Waals surface area contributed by atoms with Crippen molar-refractivity contribution in [1.82, 2.24) is 5.32 Å². The predicted molar refractivity (Wildman–Crippen MR) is 95.1 cm³/mol. The molecule has 0 atom stereocenters. The highest BCUT2D eigenvalue weighted by Crippen LogP contribution is 2.26. The first-order valence-corrected chi connectivity index (χ1v) is 8.38.